The number of aromatic nitrogens is 3. The fraction of sp³-hybridized carbons (Fsp3) is 0.357. The van der Waals surface area contributed by atoms with Crippen LogP contribution >= 0.6 is 0 Å². The molecule has 0 radical (unpaired) electrons. The Morgan fingerprint density at radius 3 is 2.75 bits per heavy atom. The van der Waals surface area contributed by atoms with E-state index in [1.165, 1.54) is 6.33 Å². The van der Waals surface area contributed by atoms with E-state index in [0.717, 1.165) is 11.5 Å². The summed E-state index contributed by atoms with van der Waals surface area (Å²) < 4.78 is 5.08. The molecular formula is C14H19N5O. The summed E-state index contributed by atoms with van der Waals surface area (Å²) in [5.41, 5.74) is 1.02. The third-order valence-electron chi connectivity index (χ3n) is 2.98. The zero-order chi connectivity index (χ0) is 14.4. The Labute approximate surface area is 118 Å². The van der Waals surface area contributed by atoms with Crippen molar-refractivity contribution in [3.05, 3.63) is 42.5 Å². The van der Waals surface area contributed by atoms with Gasteiger partial charge in [0.1, 0.15) is 12.1 Å². The van der Waals surface area contributed by atoms with Gasteiger partial charge < -0.3 is 10.1 Å². The predicted octanol–water partition coefficient (Wildman–Crippen LogP) is 1.59. The molecule has 2 rings (SSSR count). The SMILES string of the molecule is COc1cc(NCC(c2ccccn2)N(C)C)ncn1. The molecule has 0 spiro atoms. The molecule has 0 aliphatic carbocycles. The monoisotopic (exact) mass is 273 g/mol. The summed E-state index contributed by atoms with van der Waals surface area (Å²) in [5.74, 6) is 1.28. The molecule has 2 heterocycles. The number of nitrogens with zero attached hydrogens (tertiary/aromatic N) is 4. The van der Waals surface area contributed by atoms with Gasteiger partial charge in [0.2, 0.25) is 5.88 Å². The van der Waals surface area contributed by atoms with Crippen molar-refractivity contribution >= 4 is 5.82 Å². The summed E-state index contributed by atoms with van der Waals surface area (Å²) in [5, 5.41) is 3.29. The van der Waals surface area contributed by atoms with E-state index < -0.39 is 0 Å². The maximum absolute atomic E-state index is 5.08. The van der Waals surface area contributed by atoms with Crippen molar-refractivity contribution in [2.24, 2.45) is 0 Å². The molecule has 1 unspecified atom stereocenters. The molecular weight excluding hydrogens is 254 g/mol. The van der Waals surface area contributed by atoms with Crippen LogP contribution in [0.1, 0.15) is 11.7 Å². The van der Waals surface area contributed by atoms with Crippen LogP contribution in [0.5, 0.6) is 5.88 Å². The van der Waals surface area contributed by atoms with Crippen molar-refractivity contribution in [2.45, 2.75) is 6.04 Å². The van der Waals surface area contributed by atoms with Crippen LogP contribution in [0.2, 0.25) is 0 Å². The molecule has 1 N–H and O–H groups in total. The second-order valence-corrected chi connectivity index (χ2v) is 4.56. The predicted molar refractivity (Wildman–Crippen MR) is 77.7 cm³/mol. The van der Waals surface area contributed by atoms with E-state index in [2.05, 4.69) is 25.2 Å². The van der Waals surface area contributed by atoms with Crippen molar-refractivity contribution in [2.75, 3.05) is 33.1 Å². The highest BCUT2D eigenvalue weighted by atomic mass is 16.5. The maximum atomic E-state index is 5.08. The Balaban J connectivity index is 2.06. The molecule has 2 aromatic rings. The van der Waals surface area contributed by atoms with Gasteiger partial charge >= 0.3 is 0 Å². The third-order valence-corrected chi connectivity index (χ3v) is 2.98. The third kappa shape index (κ3) is 3.64. The number of hydrogen-bond acceptors (Lipinski definition) is 6. The van der Waals surface area contributed by atoms with E-state index >= 15 is 0 Å². The lowest BCUT2D eigenvalue weighted by Crippen LogP contribution is -2.27. The molecule has 0 aliphatic heterocycles. The minimum atomic E-state index is 0.164. The van der Waals surface area contributed by atoms with Crippen LogP contribution < -0.4 is 10.1 Å². The van der Waals surface area contributed by atoms with Gasteiger partial charge in [-0.1, -0.05) is 6.07 Å². The Hall–Kier alpha value is -2.21. The molecule has 6 nitrogen and oxygen atoms in total. The summed E-state index contributed by atoms with van der Waals surface area (Å²) in [6.07, 6.45) is 3.28. The number of rotatable bonds is 6. The van der Waals surface area contributed by atoms with Gasteiger partial charge in [-0.3, -0.25) is 9.88 Å². The molecule has 0 bridgehead atoms. The van der Waals surface area contributed by atoms with Crippen LogP contribution in [0.25, 0.3) is 0 Å². The molecule has 6 heteroatoms. The van der Waals surface area contributed by atoms with Gasteiger partial charge in [-0.25, -0.2) is 9.97 Å². The summed E-state index contributed by atoms with van der Waals surface area (Å²) in [7, 11) is 5.64. The van der Waals surface area contributed by atoms with Crippen molar-refractivity contribution in [3.8, 4) is 5.88 Å². The molecule has 2 aromatic heterocycles. The van der Waals surface area contributed by atoms with E-state index in [9.17, 15) is 0 Å². The normalized spacial score (nSPS) is 12.2. The summed E-state index contributed by atoms with van der Waals surface area (Å²) in [6.45, 7) is 0.699. The minimum Gasteiger partial charge on any atom is -0.481 e. The van der Waals surface area contributed by atoms with Crippen LogP contribution in [0.3, 0.4) is 0 Å². The number of ether oxygens (including phenoxy) is 1. The molecule has 1 atom stereocenters. The molecule has 20 heavy (non-hydrogen) atoms. The van der Waals surface area contributed by atoms with E-state index in [1.807, 2.05) is 32.3 Å². The first-order chi connectivity index (χ1) is 9.70. The lowest BCUT2D eigenvalue weighted by molar-refractivity contribution is 0.306. The average molecular weight is 273 g/mol. The van der Waals surface area contributed by atoms with Crippen LogP contribution in [0.15, 0.2) is 36.8 Å². The van der Waals surface area contributed by atoms with Crippen molar-refractivity contribution in [3.63, 3.8) is 0 Å². The highest BCUT2D eigenvalue weighted by molar-refractivity contribution is 5.37. The summed E-state index contributed by atoms with van der Waals surface area (Å²) in [6, 6.07) is 7.86. The van der Waals surface area contributed by atoms with Gasteiger partial charge in [-0.05, 0) is 26.2 Å². The number of hydrogen-bond donors (Lipinski definition) is 1. The number of methoxy groups -OCH3 is 1. The van der Waals surface area contributed by atoms with E-state index in [0.29, 0.717) is 12.4 Å². The fourth-order valence-corrected chi connectivity index (χ4v) is 1.87. The lowest BCUT2D eigenvalue weighted by Gasteiger charge is -2.24. The maximum Gasteiger partial charge on any atom is 0.218 e. The summed E-state index contributed by atoms with van der Waals surface area (Å²) >= 11 is 0. The van der Waals surface area contributed by atoms with Crippen LogP contribution in [0, 0.1) is 0 Å². The first-order valence-corrected chi connectivity index (χ1v) is 6.38. The van der Waals surface area contributed by atoms with Gasteiger partial charge in [0.25, 0.3) is 0 Å². The fourth-order valence-electron chi connectivity index (χ4n) is 1.87. The van der Waals surface area contributed by atoms with Crippen molar-refractivity contribution < 1.29 is 4.74 Å². The average Bonchev–Trinajstić information content (AvgIpc) is 2.48. The van der Waals surface area contributed by atoms with Crippen molar-refractivity contribution in [1.29, 1.82) is 0 Å². The minimum absolute atomic E-state index is 0.164. The van der Waals surface area contributed by atoms with Gasteiger partial charge in [-0.2, -0.15) is 0 Å². The molecule has 0 fully saturated rings. The highest BCUT2D eigenvalue weighted by Gasteiger charge is 2.15. The quantitative estimate of drug-likeness (QED) is 0.862. The zero-order valence-electron chi connectivity index (χ0n) is 11.9. The topological polar surface area (TPSA) is 63.2 Å². The van der Waals surface area contributed by atoms with Gasteiger partial charge in [0, 0.05) is 18.8 Å². The van der Waals surface area contributed by atoms with E-state index in [-0.39, 0.29) is 6.04 Å². The Kier molecular flexibility index (Phi) is 4.84. The second-order valence-electron chi connectivity index (χ2n) is 4.56. The van der Waals surface area contributed by atoms with Crippen molar-refractivity contribution in [1.82, 2.24) is 19.9 Å². The number of likely N-dealkylation sites (N-methyl/N-ethyl adjacent to an activating group) is 1. The second kappa shape index (κ2) is 6.81. The summed E-state index contributed by atoms with van der Waals surface area (Å²) in [4.78, 5) is 14.7. The standard InChI is InChI=1S/C14H19N5O/c1-19(2)12(11-6-4-5-7-15-11)9-16-13-8-14(20-3)18-10-17-13/h4-8,10,12H,9H2,1-3H3,(H,16,17,18). The Morgan fingerprint density at radius 2 is 2.10 bits per heavy atom. The molecule has 106 valence electrons. The lowest BCUT2D eigenvalue weighted by atomic mass is 10.1. The smallest absolute Gasteiger partial charge is 0.218 e. The number of anilines is 1. The molecule has 0 saturated carbocycles. The van der Waals surface area contributed by atoms with Gasteiger partial charge in [-0.15, -0.1) is 0 Å². The Morgan fingerprint density at radius 1 is 1.25 bits per heavy atom. The van der Waals surface area contributed by atoms with Gasteiger partial charge in [0.05, 0.1) is 18.8 Å². The highest BCUT2D eigenvalue weighted by Crippen LogP contribution is 2.17. The van der Waals surface area contributed by atoms with Crippen LogP contribution in [-0.2, 0) is 0 Å². The van der Waals surface area contributed by atoms with Crippen LogP contribution in [-0.4, -0.2) is 47.6 Å². The molecule has 0 saturated heterocycles. The van der Waals surface area contributed by atoms with E-state index in [1.54, 1.807) is 19.4 Å². The Bertz CT molecular complexity index is 532. The number of pyridine rings is 1. The van der Waals surface area contributed by atoms with E-state index in [4.69, 9.17) is 4.74 Å². The van der Waals surface area contributed by atoms with Crippen LogP contribution in [0.4, 0.5) is 5.82 Å². The zero-order valence-corrected chi connectivity index (χ0v) is 11.9. The first kappa shape index (κ1) is 14.2. The largest absolute Gasteiger partial charge is 0.481 e. The molecule has 0 aromatic carbocycles. The number of nitrogens with one attached hydrogen (secondary N) is 1. The first-order valence-electron chi connectivity index (χ1n) is 6.38. The molecule has 0 amide bonds. The van der Waals surface area contributed by atoms with Gasteiger partial charge in [0.15, 0.2) is 0 Å². The molecule has 0 aliphatic rings.